The maximum absolute atomic E-state index is 13.5. The van der Waals surface area contributed by atoms with E-state index in [1.807, 2.05) is 31.2 Å². The number of rotatable bonds is 9. The molecule has 1 unspecified atom stereocenters. The van der Waals surface area contributed by atoms with Crippen LogP contribution in [-0.2, 0) is 14.3 Å². The van der Waals surface area contributed by atoms with Crippen molar-refractivity contribution in [2.45, 2.75) is 57.4 Å². The lowest BCUT2D eigenvalue weighted by Crippen LogP contribution is -2.30. The molecule has 1 saturated carbocycles. The van der Waals surface area contributed by atoms with Crippen LogP contribution in [0.4, 0.5) is 5.82 Å². The van der Waals surface area contributed by atoms with Crippen LogP contribution in [0.1, 0.15) is 77.7 Å². The van der Waals surface area contributed by atoms with Crippen molar-refractivity contribution in [3.05, 3.63) is 65.0 Å². The molecule has 4 rings (SSSR count). The first-order valence-corrected chi connectivity index (χ1v) is 12.3. The monoisotopic (exact) mass is 492 g/mol. The van der Waals surface area contributed by atoms with Crippen molar-refractivity contribution >= 4 is 29.3 Å². The minimum Gasteiger partial charge on any atom is -0.481 e. The Morgan fingerprint density at radius 3 is 2.64 bits per heavy atom. The van der Waals surface area contributed by atoms with Gasteiger partial charge in [-0.3, -0.25) is 18.8 Å². The summed E-state index contributed by atoms with van der Waals surface area (Å²) >= 11 is 0. The van der Waals surface area contributed by atoms with Crippen molar-refractivity contribution in [2.24, 2.45) is 0 Å². The van der Waals surface area contributed by atoms with Crippen molar-refractivity contribution in [1.29, 1.82) is 0 Å². The van der Waals surface area contributed by atoms with Gasteiger partial charge in [-0.25, -0.2) is 4.98 Å². The number of nitrogens with one attached hydrogen (secondary N) is 2. The number of amides is 1. The highest BCUT2D eigenvalue weighted by molar-refractivity contribution is 6.00. The molecule has 1 aromatic carbocycles. The van der Waals surface area contributed by atoms with Crippen LogP contribution in [0.2, 0.25) is 0 Å². The number of aryl methyl sites for hydroxylation is 1. The molecule has 3 aromatic rings. The van der Waals surface area contributed by atoms with E-state index in [1.54, 1.807) is 22.7 Å². The molecule has 9 nitrogen and oxygen atoms in total. The number of imidazole rings is 1. The quantitative estimate of drug-likeness (QED) is 0.382. The van der Waals surface area contributed by atoms with Gasteiger partial charge in [0.25, 0.3) is 5.91 Å². The number of carbonyl (C=O) groups is 3. The number of fused-ring (bicyclic) bond motifs is 1. The average Bonchev–Trinajstić information content (AvgIpc) is 3.25. The van der Waals surface area contributed by atoms with Gasteiger partial charge in [0.15, 0.2) is 5.65 Å². The SMILES string of the molecule is COC(=O)CNc1c(C2CCCCC2)nc2c(C(=O)NC(CC(=O)O)c3cccc(C)c3)cccn12. The summed E-state index contributed by atoms with van der Waals surface area (Å²) in [6.07, 6.45) is 6.95. The van der Waals surface area contributed by atoms with Crippen LogP contribution in [0.25, 0.3) is 5.65 Å². The summed E-state index contributed by atoms with van der Waals surface area (Å²) in [7, 11) is 1.34. The number of nitrogens with zero attached hydrogens (tertiary/aromatic N) is 2. The fraction of sp³-hybridized carbons (Fsp3) is 0.407. The number of aromatic nitrogens is 2. The molecule has 0 aliphatic heterocycles. The number of carboxylic acids is 1. The second-order valence-corrected chi connectivity index (χ2v) is 9.26. The number of aliphatic carboxylic acids is 1. The van der Waals surface area contributed by atoms with Gasteiger partial charge >= 0.3 is 11.9 Å². The van der Waals surface area contributed by atoms with Crippen LogP contribution in [0.3, 0.4) is 0 Å². The number of methoxy groups -OCH3 is 1. The average molecular weight is 493 g/mol. The van der Waals surface area contributed by atoms with E-state index in [4.69, 9.17) is 9.72 Å². The highest BCUT2D eigenvalue weighted by Crippen LogP contribution is 2.37. The largest absolute Gasteiger partial charge is 0.481 e. The van der Waals surface area contributed by atoms with Crippen molar-refractivity contribution in [1.82, 2.24) is 14.7 Å². The maximum atomic E-state index is 13.5. The zero-order chi connectivity index (χ0) is 25.7. The highest BCUT2D eigenvalue weighted by atomic mass is 16.5. The number of carboxylic acid groups (broad SMARTS) is 1. The fourth-order valence-corrected chi connectivity index (χ4v) is 4.88. The van der Waals surface area contributed by atoms with E-state index in [0.29, 0.717) is 17.0 Å². The zero-order valence-electron chi connectivity index (χ0n) is 20.6. The fourth-order valence-electron chi connectivity index (χ4n) is 4.88. The summed E-state index contributed by atoms with van der Waals surface area (Å²) in [6.45, 7) is 1.90. The lowest BCUT2D eigenvalue weighted by atomic mass is 9.87. The van der Waals surface area contributed by atoms with E-state index in [1.165, 1.54) is 13.5 Å². The van der Waals surface area contributed by atoms with Gasteiger partial charge in [-0.1, -0.05) is 49.1 Å². The molecule has 1 aliphatic carbocycles. The third kappa shape index (κ3) is 5.67. The van der Waals surface area contributed by atoms with Crippen molar-refractivity contribution in [3.63, 3.8) is 0 Å². The second-order valence-electron chi connectivity index (χ2n) is 9.26. The first-order chi connectivity index (χ1) is 17.4. The minimum atomic E-state index is -1.00. The van der Waals surface area contributed by atoms with Gasteiger partial charge in [-0.15, -0.1) is 0 Å². The van der Waals surface area contributed by atoms with Crippen molar-refractivity contribution in [2.75, 3.05) is 19.0 Å². The highest BCUT2D eigenvalue weighted by Gasteiger charge is 2.27. The smallest absolute Gasteiger partial charge is 0.325 e. The molecule has 1 atom stereocenters. The van der Waals surface area contributed by atoms with E-state index in [2.05, 4.69) is 10.6 Å². The summed E-state index contributed by atoms with van der Waals surface area (Å²) in [5, 5.41) is 15.5. The van der Waals surface area contributed by atoms with Gasteiger partial charge in [0.2, 0.25) is 0 Å². The summed E-state index contributed by atoms with van der Waals surface area (Å²) in [5.41, 5.74) is 3.33. The van der Waals surface area contributed by atoms with Crippen LogP contribution in [0.5, 0.6) is 0 Å². The zero-order valence-corrected chi connectivity index (χ0v) is 20.6. The van der Waals surface area contributed by atoms with E-state index < -0.39 is 23.9 Å². The van der Waals surface area contributed by atoms with Gasteiger partial charge in [0, 0.05) is 12.1 Å². The number of benzene rings is 1. The molecule has 1 fully saturated rings. The Bertz CT molecular complexity index is 1260. The summed E-state index contributed by atoms with van der Waals surface area (Å²) in [5.74, 6) is -0.912. The molecule has 0 bridgehead atoms. The molecule has 36 heavy (non-hydrogen) atoms. The van der Waals surface area contributed by atoms with Gasteiger partial charge in [-0.2, -0.15) is 0 Å². The standard InChI is InChI=1S/C27H32N4O5/c1-17-8-6-11-19(14-17)21(15-22(32)33)29-27(35)20-12-7-13-31-25(20)30-24(18-9-4-3-5-10-18)26(31)28-16-23(34)36-2/h6-8,11-14,18,21,28H,3-5,9-10,15-16H2,1-2H3,(H,29,35)(H,32,33). The predicted octanol–water partition coefficient (Wildman–Crippen LogP) is 4.22. The molecule has 2 heterocycles. The number of pyridine rings is 1. The van der Waals surface area contributed by atoms with E-state index in [0.717, 1.165) is 42.5 Å². The van der Waals surface area contributed by atoms with Crippen LogP contribution < -0.4 is 10.6 Å². The number of anilines is 1. The van der Waals surface area contributed by atoms with Gasteiger partial charge < -0.3 is 20.5 Å². The Morgan fingerprint density at radius 2 is 1.94 bits per heavy atom. The first-order valence-electron chi connectivity index (χ1n) is 12.3. The predicted molar refractivity (Wildman–Crippen MR) is 135 cm³/mol. The van der Waals surface area contributed by atoms with Crippen LogP contribution in [0, 0.1) is 6.92 Å². The Hall–Kier alpha value is -3.88. The van der Waals surface area contributed by atoms with E-state index >= 15 is 0 Å². The molecule has 1 amide bonds. The number of ether oxygens (including phenoxy) is 1. The number of carbonyl (C=O) groups excluding carboxylic acids is 2. The Kier molecular flexibility index (Phi) is 7.87. The molecule has 2 aromatic heterocycles. The lowest BCUT2D eigenvalue weighted by Gasteiger charge is -2.21. The summed E-state index contributed by atoms with van der Waals surface area (Å²) in [6, 6.07) is 10.2. The Morgan fingerprint density at radius 1 is 1.17 bits per heavy atom. The molecule has 0 saturated heterocycles. The molecule has 190 valence electrons. The summed E-state index contributed by atoms with van der Waals surface area (Å²) in [4.78, 5) is 41.8. The third-order valence-corrected chi connectivity index (χ3v) is 6.67. The van der Waals surface area contributed by atoms with Gasteiger partial charge in [0.05, 0.1) is 30.8 Å². The molecule has 9 heteroatoms. The third-order valence-electron chi connectivity index (χ3n) is 6.67. The van der Waals surface area contributed by atoms with E-state index in [9.17, 15) is 19.5 Å². The Balaban J connectivity index is 1.71. The number of hydrogen-bond donors (Lipinski definition) is 3. The van der Waals surface area contributed by atoms with Crippen LogP contribution >= 0.6 is 0 Å². The first kappa shape index (κ1) is 25.2. The van der Waals surface area contributed by atoms with Gasteiger partial charge in [0.1, 0.15) is 12.4 Å². The minimum absolute atomic E-state index is 0.0194. The molecular weight excluding hydrogens is 460 g/mol. The normalized spacial score (nSPS) is 14.8. The molecular formula is C27H32N4O5. The maximum Gasteiger partial charge on any atom is 0.325 e. The van der Waals surface area contributed by atoms with E-state index in [-0.39, 0.29) is 18.9 Å². The van der Waals surface area contributed by atoms with Gasteiger partial charge in [-0.05, 0) is 37.5 Å². The molecule has 0 spiro atoms. The lowest BCUT2D eigenvalue weighted by molar-refractivity contribution is -0.139. The number of esters is 1. The molecule has 1 aliphatic rings. The Labute approximate surface area is 209 Å². The molecule has 3 N–H and O–H groups in total. The topological polar surface area (TPSA) is 122 Å². The number of hydrogen-bond acceptors (Lipinski definition) is 6. The van der Waals surface area contributed by atoms with Crippen LogP contribution in [-0.4, -0.2) is 46.0 Å². The molecule has 0 radical (unpaired) electrons. The summed E-state index contributed by atoms with van der Waals surface area (Å²) < 4.78 is 6.58. The van der Waals surface area contributed by atoms with Crippen LogP contribution in [0.15, 0.2) is 42.6 Å². The second kappa shape index (κ2) is 11.2. The van der Waals surface area contributed by atoms with Crippen molar-refractivity contribution in [3.8, 4) is 0 Å². The van der Waals surface area contributed by atoms with Crippen molar-refractivity contribution < 1.29 is 24.2 Å².